The van der Waals surface area contributed by atoms with Crippen molar-refractivity contribution in [2.24, 2.45) is 5.18 Å². The topological polar surface area (TPSA) is 49.7 Å². The summed E-state index contributed by atoms with van der Waals surface area (Å²) in [5, 5.41) is 11.8. The van der Waals surface area contributed by atoms with E-state index in [9.17, 15) is 4.91 Å². The van der Waals surface area contributed by atoms with Gasteiger partial charge < -0.3 is 5.11 Å². The highest BCUT2D eigenvalue weighted by Gasteiger charge is 1.90. The van der Waals surface area contributed by atoms with Crippen molar-refractivity contribution in [2.75, 3.05) is 0 Å². The number of allylic oxidation sites excluding steroid dienone is 1. The Morgan fingerprint density at radius 1 is 1.43 bits per heavy atom. The zero-order valence-electron chi connectivity index (χ0n) is 7.47. The van der Waals surface area contributed by atoms with Crippen molar-refractivity contribution < 1.29 is 5.11 Å². The van der Waals surface area contributed by atoms with Gasteiger partial charge in [0, 0.05) is 0 Å². The van der Waals surface area contributed by atoms with Crippen molar-refractivity contribution in [3.63, 3.8) is 0 Å². The van der Waals surface area contributed by atoms with Crippen LogP contribution in [-0.2, 0) is 0 Å². The van der Waals surface area contributed by atoms with E-state index in [4.69, 9.17) is 5.11 Å². The fourth-order valence-electron chi connectivity index (χ4n) is 0.880. The lowest BCUT2D eigenvalue weighted by molar-refractivity contribution is 0.435. The van der Waals surface area contributed by atoms with Crippen LogP contribution < -0.4 is 0 Å². The Labute approximate surface area is 81.7 Å². The first-order valence-electron chi connectivity index (χ1n) is 3.97. The lowest BCUT2D eigenvalue weighted by atomic mass is 10.2. The molecule has 3 nitrogen and oxygen atoms in total. The smallest absolute Gasteiger partial charge is 0.158 e. The molecule has 0 saturated heterocycles. The number of aliphatic hydroxyl groups excluding tert-OH is 1. The van der Waals surface area contributed by atoms with Crippen LogP contribution in [0.4, 0.5) is 5.69 Å². The van der Waals surface area contributed by atoms with E-state index in [1.54, 1.807) is 30.3 Å². The molecule has 0 unspecified atom stereocenters. The lowest BCUT2D eigenvalue weighted by Gasteiger charge is -1.92. The zero-order chi connectivity index (χ0) is 10.4. The van der Waals surface area contributed by atoms with E-state index in [0.717, 1.165) is 5.56 Å². The Hall–Kier alpha value is -2.12. The fraction of sp³-hybridized carbons (Fsp3) is 0. The predicted octanol–water partition coefficient (Wildman–Crippen LogP) is 3.32. The molecule has 0 aliphatic heterocycles. The maximum Gasteiger partial charge on any atom is 0.158 e. The molecule has 0 aliphatic rings. The summed E-state index contributed by atoms with van der Waals surface area (Å²) in [5.74, 6) is -0.0254. The van der Waals surface area contributed by atoms with Crippen LogP contribution >= 0.6 is 0 Å². The van der Waals surface area contributed by atoms with Gasteiger partial charge in [0.2, 0.25) is 0 Å². The number of hydrogen-bond donors (Lipinski definition) is 1. The van der Waals surface area contributed by atoms with Gasteiger partial charge in [0.1, 0.15) is 5.69 Å². The summed E-state index contributed by atoms with van der Waals surface area (Å²) in [6, 6.07) is 6.65. The van der Waals surface area contributed by atoms with Gasteiger partial charge in [0.05, 0.1) is 0 Å². The zero-order valence-corrected chi connectivity index (χ0v) is 7.47. The molecule has 70 valence electrons. The molecule has 1 aromatic rings. The average molecular weight is 187 g/mol. The van der Waals surface area contributed by atoms with Crippen LogP contribution in [0.15, 0.2) is 53.6 Å². The molecule has 0 saturated carbocycles. The average Bonchev–Trinajstić information content (AvgIpc) is 2.26. The van der Waals surface area contributed by atoms with Crippen molar-refractivity contribution >= 4 is 11.8 Å². The number of hydrogen-bond acceptors (Lipinski definition) is 3. The third-order valence-corrected chi connectivity index (χ3v) is 1.61. The van der Waals surface area contributed by atoms with E-state index < -0.39 is 0 Å². The molecular formula is C11H9NO2. The van der Waals surface area contributed by atoms with Gasteiger partial charge in [-0.3, -0.25) is 0 Å². The Bertz CT molecular complexity index is 398. The predicted molar refractivity (Wildman–Crippen MR) is 56.2 cm³/mol. The van der Waals surface area contributed by atoms with Crippen LogP contribution in [-0.4, -0.2) is 5.11 Å². The highest BCUT2D eigenvalue weighted by molar-refractivity contribution is 5.54. The van der Waals surface area contributed by atoms with Gasteiger partial charge in [-0.05, 0) is 28.9 Å². The van der Waals surface area contributed by atoms with Gasteiger partial charge in [-0.1, -0.05) is 30.5 Å². The Morgan fingerprint density at radius 2 is 2.07 bits per heavy atom. The molecule has 0 amide bonds. The number of nitroso groups, excluding NO2 is 1. The Morgan fingerprint density at radius 3 is 2.57 bits per heavy atom. The Balaban J connectivity index is 2.83. The van der Waals surface area contributed by atoms with Gasteiger partial charge in [-0.2, -0.15) is 0 Å². The molecule has 0 spiro atoms. The van der Waals surface area contributed by atoms with Crippen LogP contribution in [0.1, 0.15) is 5.56 Å². The van der Waals surface area contributed by atoms with Gasteiger partial charge in [0.15, 0.2) is 5.76 Å². The summed E-state index contributed by atoms with van der Waals surface area (Å²) in [5.41, 5.74) is 3.57. The third kappa shape index (κ3) is 2.73. The molecule has 1 N–H and O–H groups in total. The normalized spacial score (nSPS) is 9.71. The second-order valence-corrected chi connectivity index (χ2v) is 2.58. The van der Waals surface area contributed by atoms with E-state index in [1.165, 1.54) is 6.08 Å². The van der Waals surface area contributed by atoms with Crippen LogP contribution in [0.25, 0.3) is 6.08 Å². The van der Waals surface area contributed by atoms with E-state index in [2.05, 4.69) is 17.5 Å². The highest BCUT2D eigenvalue weighted by Crippen LogP contribution is 2.13. The first-order valence-corrected chi connectivity index (χ1v) is 3.97. The minimum Gasteiger partial charge on any atom is -0.501 e. The molecule has 14 heavy (non-hydrogen) atoms. The van der Waals surface area contributed by atoms with E-state index in [1.807, 2.05) is 0 Å². The van der Waals surface area contributed by atoms with Crippen LogP contribution in [0.2, 0.25) is 0 Å². The van der Waals surface area contributed by atoms with Gasteiger partial charge >= 0.3 is 0 Å². The molecular weight excluding hydrogens is 178 g/mol. The summed E-state index contributed by atoms with van der Waals surface area (Å²) in [4.78, 5) is 10.1. The molecule has 0 bridgehead atoms. The van der Waals surface area contributed by atoms with Gasteiger partial charge in [-0.25, -0.2) is 0 Å². The Kier molecular flexibility index (Phi) is 3.41. The summed E-state index contributed by atoms with van der Waals surface area (Å²) in [6.45, 7) is 3.28. The van der Waals surface area contributed by atoms with Crippen LogP contribution in [0.5, 0.6) is 0 Å². The highest BCUT2D eigenvalue weighted by atomic mass is 16.3. The van der Waals surface area contributed by atoms with E-state index in [0.29, 0.717) is 5.69 Å². The molecule has 1 rings (SSSR count). The lowest BCUT2D eigenvalue weighted by Crippen LogP contribution is -1.72. The van der Waals surface area contributed by atoms with Gasteiger partial charge in [-0.15, -0.1) is 4.91 Å². The van der Waals surface area contributed by atoms with Gasteiger partial charge in [0.25, 0.3) is 0 Å². The quantitative estimate of drug-likeness (QED) is 0.341. The minimum atomic E-state index is -0.0254. The summed E-state index contributed by atoms with van der Waals surface area (Å²) >= 11 is 0. The first-order chi connectivity index (χ1) is 6.76. The maximum absolute atomic E-state index is 10.1. The fourth-order valence-corrected chi connectivity index (χ4v) is 0.880. The number of aliphatic hydroxyl groups is 1. The van der Waals surface area contributed by atoms with E-state index >= 15 is 0 Å². The van der Waals surface area contributed by atoms with Crippen molar-refractivity contribution in [1.82, 2.24) is 0 Å². The molecule has 0 radical (unpaired) electrons. The summed E-state index contributed by atoms with van der Waals surface area (Å²) < 4.78 is 0. The van der Waals surface area contributed by atoms with Crippen molar-refractivity contribution in [3.8, 4) is 0 Å². The molecule has 0 heterocycles. The molecule has 1 aromatic carbocycles. The second kappa shape index (κ2) is 4.80. The standard InChI is InChI=1S/C11H9NO2/c1-2-11(13)8-5-9-3-6-10(12-14)7-4-9/h3-8,13H,1H2/b8-5+. The number of rotatable bonds is 3. The number of benzene rings is 1. The second-order valence-electron chi connectivity index (χ2n) is 2.58. The van der Waals surface area contributed by atoms with Crippen LogP contribution in [0, 0.1) is 4.91 Å². The summed E-state index contributed by atoms with van der Waals surface area (Å²) in [7, 11) is 0. The molecule has 3 heteroatoms. The molecule has 0 aliphatic carbocycles. The monoisotopic (exact) mass is 187 g/mol. The number of nitrogens with zero attached hydrogens (tertiary/aromatic N) is 1. The van der Waals surface area contributed by atoms with Crippen LogP contribution in [0.3, 0.4) is 0 Å². The molecule has 0 aromatic heterocycles. The van der Waals surface area contributed by atoms with E-state index in [-0.39, 0.29) is 5.76 Å². The minimum absolute atomic E-state index is 0.0254. The molecule has 0 atom stereocenters. The third-order valence-electron chi connectivity index (χ3n) is 1.61. The van der Waals surface area contributed by atoms with Crippen molar-refractivity contribution in [3.05, 3.63) is 58.9 Å². The maximum atomic E-state index is 10.1. The SMILES string of the molecule is C=C=C(O)/C=C/c1ccc(N=O)cc1. The summed E-state index contributed by atoms with van der Waals surface area (Å²) in [6.07, 6.45) is 3.15. The van der Waals surface area contributed by atoms with Crippen molar-refractivity contribution in [2.45, 2.75) is 0 Å². The largest absolute Gasteiger partial charge is 0.501 e. The first kappa shape index (κ1) is 9.96. The van der Waals surface area contributed by atoms with Crippen molar-refractivity contribution in [1.29, 1.82) is 0 Å². The molecule has 0 fully saturated rings.